The average molecular weight is 512 g/mol. The molecule has 0 saturated carbocycles. The van der Waals surface area contributed by atoms with E-state index in [-0.39, 0.29) is 11.4 Å². The van der Waals surface area contributed by atoms with Crippen molar-refractivity contribution in [2.45, 2.75) is 45.7 Å². The fraction of sp³-hybridized carbons (Fsp3) is 0.370. The minimum Gasteiger partial charge on any atom is -0.297 e. The Balaban J connectivity index is 1.40. The van der Waals surface area contributed by atoms with E-state index < -0.39 is 0 Å². The number of allylic oxidation sites excluding steroid dienone is 1. The minimum absolute atomic E-state index is 0.00506. The van der Waals surface area contributed by atoms with E-state index in [4.69, 9.17) is 0 Å². The van der Waals surface area contributed by atoms with Crippen molar-refractivity contribution in [1.82, 2.24) is 14.3 Å². The molecule has 174 valence electrons. The number of nitrogens with zero attached hydrogens (tertiary/aromatic N) is 3. The molecule has 0 bridgehead atoms. The van der Waals surface area contributed by atoms with Crippen LogP contribution < -0.4 is 5.56 Å². The number of benzene rings is 2. The van der Waals surface area contributed by atoms with E-state index in [1.807, 2.05) is 42.5 Å². The van der Waals surface area contributed by atoms with Crippen LogP contribution in [0.2, 0.25) is 0 Å². The molecule has 0 spiro atoms. The molecule has 0 unspecified atom stereocenters. The van der Waals surface area contributed by atoms with Crippen LogP contribution in [0.1, 0.15) is 43.9 Å². The summed E-state index contributed by atoms with van der Waals surface area (Å²) in [7, 11) is 0. The molecule has 2 heterocycles. The van der Waals surface area contributed by atoms with Crippen LogP contribution in [0.3, 0.4) is 0 Å². The molecule has 2 aromatic carbocycles. The SMILES string of the molecule is CCCn1c(CN2CCC(C/C=C/c3ccc(F)cc3)CC2)c(Br)c(=O)n1-c1ccccc1. The van der Waals surface area contributed by atoms with Crippen molar-refractivity contribution in [3.63, 3.8) is 0 Å². The van der Waals surface area contributed by atoms with Gasteiger partial charge in [0.25, 0.3) is 5.56 Å². The lowest BCUT2D eigenvalue weighted by Gasteiger charge is -2.32. The van der Waals surface area contributed by atoms with E-state index in [2.05, 4.69) is 44.6 Å². The predicted octanol–water partition coefficient (Wildman–Crippen LogP) is 6.27. The Morgan fingerprint density at radius 3 is 2.42 bits per heavy atom. The lowest BCUT2D eigenvalue weighted by molar-refractivity contribution is 0.173. The first-order valence-electron chi connectivity index (χ1n) is 11.8. The van der Waals surface area contributed by atoms with Crippen molar-refractivity contribution in [1.29, 1.82) is 0 Å². The third kappa shape index (κ3) is 5.74. The third-order valence-corrected chi connectivity index (χ3v) is 7.15. The normalized spacial score (nSPS) is 15.5. The number of hydrogen-bond donors (Lipinski definition) is 0. The lowest BCUT2D eigenvalue weighted by atomic mass is 9.93. The van der Waals surface area contributed by atoms with Gasteiger partial charge in [-0.2, -0.15) is 0 Å². The standard InChI is InChI=1S/C27H31BrFN3O/c1-2-17-31-25(26(28)27(33)32(31)24-9-4-3-5-10-24)20-30-18-15-22(16-19-30)8-6-7-21-11-13-23(29)14-12-21/h3-7,9-14,22H,2,8,15-20H2,1H3/b7-6+. The summed E-state index contributed by atoms with van der Waals surface area (Å²) in [4.78, 5) is 15.5. The van der Waals surface area contributed by atoms with Gasteiger partial charge >= 0.3 is 0 Å². The molecule has 1 aromatic heterocycles. The van der Waals surface area contributed by atoms with Crippen molar-refractivity contribution in [2.75, 3.05) is 13.1 Å². The summed E-state index contributed by atoms with van der Waals surface area (Å²) in [5.74, 6) is 0.461. The van der Waals surface area contributed by atoms with Crippen LogP contribution >= 0.6 is 15.9 Å². The molecule has 1 aliphatic rings. The number of likely N-dealkylation sites (tertiary alicyclic amines) is 1. The second-order valence-corrected chi connectivity index (χ2v) is 9.54. The molecule has 0 N–H and O–H groups in total. The van der Waals surface area contributed by atoms with Crippen molar-refractivity contribution in [2.24, 2.45) is 5.92 Å². The number of piperidine rings is 1. The van der Waals surface area contributed by atoms with E-state index in [1.54, 1.807) is 4.68 Å². The van der Waals surface area contributed by atoms with Gasteiger partial charge in [0.1, 0.15) is 10.3 Å². The van der Waals surface area contributed by atoms with Crippen LogP contribution in [-0.4, -0.2) is 27.4 Å². The molecule has 0 radical (unpaired) electrons. The predicted molar refractivity (Wildman–Crippen MR) is 136 cm³/mol. The Bertz CT molecular complexity index is 1130. The zero-order chi connectivity index (χ0) is 23.2. The van der Waals surface area contributed by atoms with E-state index in [0.29, 0.717) is 10.4 Å². The molecule has 33 heavy (non-hydrogen) atoms. The topological polar surface area (TPSA) is 30.2 Å². The fourth-order valence-corrected chi connectivity index (χ4v) is 5.04. The lowest BCUT2D eigenvalue weighted by Crippen LogP contribution is -2.34. The maximum atomic E-state index is 13.1. The van der Waals surface area contributed by atoms with E-state index in [9.17, 15) is 9.18 Å². The first kappa shape index (κ1) is 23.7. The molecule has 1 saturated heterocycles. The summed E-state index contributed by atoms with van der Waals surface area (Å²) in [5.41, 5.74) is 3.00. The Morgan fingerprint density at radius 2 is 1.76 bits per heavy atom. The highest BCUT2D eigenvalue weighted by Crippen LogP contribution is 2.25. The summed E-state index contributed by atoms with van der Waals surface area (Å²) in [6.07, 6.45) is 8.58. The summed E-state index contributed by atoms with van der Waals surface area (Å²) in [6.45, 7) is 5.77. The number of rotatable bonds is 8. The molecule has 0 amide bonds. The van der Waals surface area contributed by atoms with Crippen LogP contribution in [0.15, 0.2) is 69.9 Å². The summed E-state index contributed by atoms with van der Waals surface area (Å²) in [6, 6.07) is 16.5. The summed E-state index contributed by atoms with van der Waals surface area (Å²) < 4.78 is 17.7. The van der Waals surface area contributed by atoms with Gasteiger partial charge in [-0.15, -0.1) is 0 Å². The van der Waals surface area contributed by atoms with Gasteiger partial charge in [0.05, 0.1) is 11.4 Å². The maximum Gasteiger partial charge on any atom is 0.286 e. The van der Waals surface area contributed by atoms with Crippen LogP contribution in [-0.2, 0) is 13.1 Å². The maximum absolute atomic E-state index is 13.1. The molecule has 0 aliphatic carbocycles. The molecule has 0 atom stereocenters. The smallest absolute Gasteiger partial charge is 0.286 e. The highest BCUT2D eigenvalue weighted by molar-refractivity contribution is 9.10. The molecule has 1 fully saturated rings. The Labute approximate surface area is 203 Å². The molecular formula is C27H31BrFN3O. The Kier molecular flexibility index (Phi) is 7.99. The fourth-order valence-electron chi connectivity index (χ4n) is 4.55. The van der Waals surface area contributed by atoms with Gasteiger partial charge in [-0.1, -0.05) is 49.4 Å². The molecule has 3 aromatic rings. The molecule has 1 aliphatic heterocycles. The van der Waals surface area contributed by atoms with Crippen LogP contribution in [0.4, 0.5) is 4.39 Å². The van der Waals surface area contributed by atoms with Crippen LogP contribution in [0.25, 0.3) is 11.8 Å². The van der Waals surface area contributed by atoms with E-state index >= 15 is 0 Å². The number of hydrogen-bond acceptors (Lipinski definition) is 2. The van der Waals surface area contributed by atoms with Gasteiger partial charge in [0.15, 0.2) is 0 Å². The first-order chi connectivity index (χ1) is 16.1. The number of para-hydroxylation sites is 1. The number of halogens is 2. The zero-order valence-corrected chi connectivity index (χ0v) is 20.7. The second kappa shape index (κ2) is 11.1. The first-order valence-corrected chi connectivity index (χ1v) is 12.6. The second-order valence-electron chi connectivity index (χ2n) is 8.75. The van der Waals surface area contributed by atoms with Crippen LogP contribution in [0.5, 0.6) is 0 Å². The van der Waals surface area contributed by atoms with Crippen molar-refractivity contribution in [3.8, 4) is 5.69 Å². The van der Waals surface area contributed by atoms with Gasteiger partial charge in [0.2, 0.25) is 0 Å². The molecular weight excluding hydrogens is 481 g/mol. The summed E-state index contributed by atoms with van der Waals surface area (Å²) >= 11 is 3.61. The largest absolute Gasteiger partial charge is 0.297 e. The highest BCUT2D eigenvalue weighted by atomic mass is 79.9. The molecule has 6 heteroatoms. The summed E-state index contributed by atoms with van der Waals surface area (Å²) in [5, 5.41) is 0. The Hall–Kier alpha value is -2.44. The number of aromatic nitrogens is 2. The average Bonchev–Trinajstić information content (AvgIpc) is 3.06. The molecule has 4 rings (SSSR count). The van der Waals surface area contributed by atoms with Crippen LogP contribution in [0, 0.1) is 11.7 Å². The minimum atomic E-state index is -0.199. The Morgan fingerprint density at radius 1 is 1.06 bits per heavy atom. The van der Waals surface area contributed by atoms with Crippen molar-refractivity contribution >= 4 is 22.0 Å². The van der Waals surface area contributed by atoms with Gasteiger partial charge in [0, 0.05) is 13.1 Å². The zero-order valence-electron chi connectivity index (χ0n) is 19.1. The third-order valence-electron chi connectivity index (χ3n) is 6.35. The van der Waals surface area contributed by atoms with E-state index in [1.165, 1.54) is 12.1 Å². The highest BCUT2D eigenvalue weighted by Gasteiger charge is 2.24. The molecule has 4 nitrogen and oxygen atoms in total. The van der Waals surface area contributed by atoms with Gasteiger partial charge < -0.3 is 0 Å². The van der Waals surface area contributed by atoms with E-state index in [0.717, 1.165) is 68.8 Å². The van der Waals surface area contributed by atoms with Gasteiger partial charge in [-0.25, -0.2) is 9.07 Å². The quantitative estimate of drug-likeness (QED) is 0.356. The van der Waals surface area contributed by atoms with Crippen molar-refractivity contribution < 1.29 is 4.39 Å². The van der Waals surface area contributed by atoms with Gasteiger partial charge in [-0.05, 0) is 90.4 Å². The monoisotopic (exact) mass is 511 g/mol. The van der Waals surface area contributed by atoms with Crippen molar-refractivity contribution in [3.05, 3.63) is 92.6 Å². The van der Waals surface area contributed by atoms with Gasteiger partial charge in [-0.3, -0.25) is 14.4 Å².